The number of likely N-dealkylation sites (N-methyl/N-ethyl adjacent to an activating group) is 1. The molecule has 2 aliphatic rings. The van der Waals surface area contributed by atoms with Crippen molar-refractivity contribution < 1.29 is 19.1 Å². The fraction of sp³-hybridized carbons (Fsp3) is 0.613. The van der Waals surface area contributed by atoms with Crippen molar-refractivity contribution in [3.63, 3.8) is 0 Å². The normalized spacial score (nSPS) is 15.3. The second-order valence-electron chi connectivity index (χ2n) is 19.8. The number of hydrogen-bond acceptors (Lipinski definition) is 9. The van der Waals surface area contributed by atoms with Crippen LogP contribution in [0.2, 0.25) is 0 Å². The second kappa shape index (κ2) is 36.4. The van der Waals surface area contributed by atoms with Gasteiger partial charge in [-0.25, -0.2) is 0 Å². The molecule has 3 heterocycles. The number of carbonyl (C=O) groups is 3. The summed E-state index contributed by atoms with van der Waals surface area (Å²) in [4.78, 5) is 39.2. The van der Waals surface area contributed by atoms with E-state index in [-0.39, 0.29) is 23.6 Å². The number of ether oxygens (including phenoxy) is 1. The number of hydrogen-bond donors (Lipinski definition) is 3. The molecule has 6 rings (SSSR count). The van der Waals surface area contributed by atoms with Crippen molar-refractivity contribution in [1.29, 1.82) is 0 Å². The third kappa shape index (κ3) is 21.5. The summed E-state index contributed by atoms with van der Waals surface area (Å²) in [6.45, 7) is 34.0. The first-order chi connectivity index (χ1) is 34.7. The van der Waals surface area contributed by atoms with Gasteiger partial charge in [0.1, 0.15) is 18.9 Å². The summed E-state index contributed by atoms with van der Waals surface area (Å²) in [7, 11) is 5.53. The van der Waals surface area contributed by atoms with E-state index in [1.165, 1.54) is 40.6 Å². The number of carbonyl (C=O) groups excluding carboxylic acids is 3. The van der Waals surface area contributed by atoms with Gasteiger partial charge in [-0.2, -0.15) is 0 Å². The number of rotatable bonds is 23. The summed E-state index contributed by atoms with van der Waals surface area (Å²) in [5, 5.41) is 10.8. The lowest BCUT2D eigenvalue weighted by Gasteiger charge is -2.26. The second-order valence-corrected chi connectivity index (χ2v) is 19.8. The predicted molar refractivity (Wildman–Crippen MR) is 308 cm³/mol. The largest absolute Gasteiger partial charge is 0.375 e. The van der Waals surface area contributed by atoms with Gasteiger partial charge in [-0.15, -0.1) is 12.3 Å². The van der Waals surface area contributed by atoms with E-state index in [2.05, 4.69) is 142 Å². The molecule has 2 fully saturated rings. The van der Waals surface area contributed by atoms with E-state index in [4.69, 9.17) is 16.1 Å². The summed E-state index contributed by atoms with van der Waals surface area (Å²) in [6, 6.07) is 17.6. The third-order valence-corrected chi connectivity index (χ3v) is 13.5. The average Bonchev–Trinajstić information content (AvgIpc) is 4.07. The first kappa shape index (κ1) is 65.5. The minimum atomic E-state index is -0.187. The molecule has 0 spiro atoms. The molecule has 1 saturated heterocycles. The molecule has 0 amide bonds. The molecule has 2 aromatic heterocycles. The fourth-order valence-corrected chi connectivity index (χ4v) is 8.65. The number of nitrogens with one attached hydrogen (secondary N) is 3. The van der Waals surface area contributed by atoms with Crippen LogP contribution < -0.4 is 16.0 Å². The number of nitrogens with zero attached hydrogens (tertiary/aromatic N) is 3. The molecule has 1 aliphatic heterocycles. The van der Waals surface area contributed by atoms with Gasteiger partial charge < -0.3 is 39.6 Å². The summed E-state index contributed by atoms with van der Waals surface area (Å²) in [6.07, 6.45) is 19.5. The molecule has 3 N–H and O–H groups in total. The number of unbranched alkanes of at least 4 members (excludes halogenated alkanes) is 2. The van der Waals surface area contributed by atoms with E-state index in [1.54, 1.807) is 7.11 Å². The minimum absolute atomic E-state index is 0.114. The zero-order valence-corrected chi connectivity index (χ0v) is 48.1. The number of fused-ring (bicyclic) bond motifs is 1. The number of terminal acetylenes is 1. The van der Waals surface area contributed by atoms with Crippen LogP contribution in [0, 0.1) is 42.4 Å². The molecule has 0 bridgehead atoms. The van der Waals surface area contributed by atoms with Gasteiger partial charge in [-0.3, -0.25) is 9.88 Å². The molecule has 10 nitrogen and oxygen atoms in total. The van der Waals surface area contributed by atoms with Crippen molar-refractivity contribution in [3.8, 4) is 34.7 Å². The molecule has 1 aliphatic carbocycles. The van der Waals surface area contributed by atoms with Crippen LogP contribution in [-0.2, 0) is 38.5 Å². The van der Waals surface area contributed by atoms with E-state index in [0.29, 0.717) is 18.3 Å². The summed E-state index contributed by atoms with van der Waals surface area (Å²) < 4.78 is 8.24. The van der Waals surface area contributed by atoms with Crippen LogP contribution >= 0.6 is 0 Å². The highest BCUT2D eigenvalue weighted by Crippen LogP contribution is 2.42. The molecule has 2 aromatic carbocycles. The maximum atomic E-state index is 11.4. The smallest absolute Gasteiger partial charge is 0.137 e. The van der Waals surface area contributed by atoms with Crippen molar-refractivity contribution in [1.82, 2.24) is 30.4 Å². The Morgan fingerprint density at radius 3 is 2.15 bits per heavy atom. The molecule has 402 valence electrons. The fourth-order valence-electron chi connectivity index (χ4n) is 8.65. The molecule has 4 unspecified atom stereocenters. The summed E-state index contributed by atoms with van der Waals surface area (Å²) in [5.41, 5.74) is 10.8. The first-order valence-corrected chi connectivity index (χ1v) is 27.5. The highest BCUT2D eigenvalue weighted by molar-refractivity contribution is 5.95. The maximum Gasteiger partial charge on any atom is 0.137 e. The van der Waals surface area contributed by atoms with E-state index >= 15 is 0 Å². The minimum Gasteiger partial charge on any atom is -0.375 e. The van der Waals surface area contributed by atoms with Crippen LogP contribution in [0.1, 0.15) is 157 Å². The summed E-state index contributed by atoms with van der Waals surface area (Å²) >= 11 is 0. The van der Waals surface area contributed by atoms with Gasteiger partial charge in [0.25, 0.3) is 0 Å². The topological polar surface area (TPSA) is 118 Å². The molecule has 72 heavy (non-hydrogen) atoms. The average molecular weight is 994 g/mol. The lowest BCUT2D eigenvalue weighted by molar-refractivity contribution is -0.113. The number of aryl methyl sites for hydroxylation is 2. The monoisotopic (exact) mass is 993 g/mol. The van der Waals surface area contributed by atoms with Crippen molar-refractivity contribution in [2.75, 3.05) is 53.9 Å². The van der Waals surface area contributed by atoms with Gasteiger partial charge in [-0.1, -0.05) is 106 Å². The third-order valence-electron chi connectivity index (χ3n) is 13.5. The maximum absolute atomic E-state index is 11.4. The Hall–Kier alpha value is -4.50. The Morgan fingerprint density at radius 1 is 0.931 bits per heavy atom. The van der Waals surface area contributed by atoms with E-state index < -0.39 is 0 Å². The van der Waals surface area contributed by atoms with Gasteiger partial charge in [0.2, 0.25) is 0 Å². The first-order valence-electron chi connectivity index (χ1n) is 27.5. The Bertz CT molecular complexity index is 2170. The Morgan fingerprint density at radius 2 is 1.62 bits per heavy atom. The lowest BCUT2D eigenvalue weighted by Crippen LogP contribution is -2.39. The number of aldehydes is 3. The Kier molecular flexibility index (Phi) is 33.1. The van der Waals surface area contributed by atoms with Gasteiger partial charge in [0.15, 0.2) is 0 Å². The predicted octanol–water partition coefficient (Wildman–Crippen LogP) is 12.5. The van der Waals surface area contributed by atoms with Gasteiger partial charge in [0.05, 0.1) is 29.6 Å². The van der Waals surface area contributed by atoms with Gasteiger partial charge >= 0.3 is 0 Å². The molecule has 4 aromatic rings. The standard InChI is InChI=1S/C35H45N3O2.C12H24N2O.C7H13N.C4H6O.2C2H6/c1-9-35(5,6)20-31-29-19-27(26-13-11-12-25(17-26)18-28(22-39)36-7)14-15-32(29)38(10-2)34(31)30-16-23(3)21-37-33(30)24(4)40-8;1-4-13-7-11-5-6-14(8-11)12(9-15)10(2)3;1-3-4-5-6-7-8-2;5-3-4-1-2-4;2*1-2/h11-17,19,21-22,24,28,36H,9-10,18,20H2,1-8H3;9-13H,4-8H2,1-3H3;1,8H,4-7H2,2H3;3-4H,1-2H2;2*1-2H3. The van der Waals surface area contributed by atoms with Crippen LogP contribution in [0.4, 0.5) is 0 Å². The van der Waals surface area contributed by atoms with Gasteiger partial charge in [0, 0.05) is 55.2 Å². The molecule has 10 heteroatoms. The van der Waals surface area contributed by atoms with Crippen LogP contribution in [0.25, 0.3) is 33.3 Å². The van der Waals surface area contributed by atoms with Crippen molar-refractivity contribution in [2.24, 2.45) is 23.2 Å². The molecular weight excluding hydrogens is 893 g/mol. The highest BCUT2D eigenvalue weighted by Gasteiger charge is 2.30. The molecular formula is C62H100N6O4. The number of methoxy groups -OCH3 is 1. The Balaban J connectivity index is 0.000000655. The van der Waals surface area contributed by atoms with E-state index in [0.717, 1.165) is 131 Å². The molecule has 0 radical (unpaired) electrons. The van der Waals surface area contributed by atoms with Crippen LogP contribution in [0.3, 0.4) is 0 Å². The number of likely N-dealkylation sites (tertiary alicyclic amines) is 1. The van der Waals surface area contributed by atoms with Gasteiger partial charge in [-0.05, 0) is 169 Å². The summed E-state index contributed by atoms with van der Waals surface area (Å²) in [5.74, 6) is 4.21. The SMILES string of the molecule is C#CCCCCNC.CC.CC.CCNCC1CCN(C(C=O)C(C)C)C1.CCn1c(-c2cc(C)cnc2C(C)OC)c(CC(C)(C)CC)c2cc(-c3cccc(CC(C=O)NC)c3)ccc21.O=CC1CC1. The van der Waals surface area contributed by atoms with Crippen LogP contribution in [0.15, 0.2) is 54.7 Å². The van der Waals surface area contributed by atoms with Crippen molar-refractivity contribution in [2.45, 2.75) is 173 Å². The lowest BCUT2D eigenvalue weighted by atomic mass is 9.81. The van der Waals surface area contributed by atoms with Crippen LogP contribution in [-0.4, -0.2) is 99.3 Å². The van der Waals surface area contributed by atoms with E-state index in [9.17, 15) is 14.4 Å². The highest BCUT2D eigenvalue weighted by atomic mass is 16.5. The van der Waals surface area contributed by atoms with Crippen molar-refractivity contribution in [3.05, 3.63) is 77.1 Å². The quantitative estimate of drug-likeness (QED) is 0.0379. The van der Waals surface area contributed by atoms with Crippen LogP contribution in [0.5, 0.6) is 0 Å². The molecule has 4 atom stereocenters. The number of pyridine rings is 1. The van der Waals surface area contributed by atoms with E-state index in [1.807, 2.05) is 48.0 Å². The molecule has 1 saturated carbocycles. The van der Waals surface area contributed by atoms with Crippen molar-refractivity contribution >= 4 is 29.8 Å². The zero-order valence-electron chi connectivity index (χ0n) is 48.1. The number of benzene rings is 2. The Labute approximate surface area is 439 Å². The zero-order chi connectivity index (χ0) is 54.2. The number of aromatic nitrogens is 2.